The van der Waals surface area contributed by atoms with Crippen molar-refractivity contribution >= 4 is 33.3 Å². The van der Waals surface area contributed by atoms with E-state index in [0.29, 0.717) is 5.76 Å². The number of hydrogen-bond acceptors (Lipinski definition) is 5. The van der Waals surface area contributed by atoms with Crippen LogP contribution in [0.15, 0.2) is 70.2 Å². The van der Waals surface area contributed by atoms with Gasteiger partial charge in [-0.2, -0.15) is 0 Å². The van der Waals surface area contributed by atoms with Crippen molar-refractivity contribution in [2.24, 2.45) is 0 Å². The van der Waals surface area contributed by atoms with Crippen LogP contribution in [0.3, 0.4) is 0 Å². The molecule has 0 saturated heterocycles. The van der Waals surface area contributed by atoms with Gasteiger partial charge in [0.15, 0.2) is 0 Å². The third-order valence-corrected chi connectivity index (χ3v) is 5.80. The molecule has 0 spiro atoms. The third-order valence-electron chi connectivity index (χ3n) is 3.93. The second-order valence-electron chi connectivity index (χ2n) is 5.88. The number of nitrogens with one attached hydrogen (secondary N) is 2. The smallest absolute Gasteiger partial charge is 0.337 e. The van der Waals surface area contributed by atoms with Gasteiger partial charge in [0.1, 0.15) is 10.7 Å². The number of benzene rings is 2. The van der Waals surface area contributed by atoms with Gasteiger partial charge in [-0.1, -0.05) is 41.9 Å². The van der Waals surface area contributed by atoms with Gasteiger partial charge < -0.3 is 14.8 Å². The van der Waals surface area contributed by atoms with E-state index in [-0.39, 0.29) is 34.3 Å². The van der Waals surface area contributed by atoms with E-state index in [2.05, 4.69) is 10.0 Å². The van der Waals surface area contributed by atoms with E-state index in [1.807, 2.05) is 6.07 Å². The van der Waals surface area contributed by atoms with Gasteiger partial charge in [0.05, 0.1) is 29.1 Å². The summed E-state index contributed by atoms with van der Waals surface area (Å²) in [6.45, 7) is 0.280. The fourth-order valence-electron chi connectivity index (χ4n) is 2.53. The molecule has 0 bridgehead atoms. The Labute approximate surface area is 167 Å². The predicted molar refractivity (Wildman–Crippen MR) is 105 cm³/mol. The molecule has 3 rings (SSSR count). The Balaban J connectivity index is 1.86. The number of hydrogen-bond donors (Lipinski definition) is 3. The number of carbonyl (C=O) groups is 1. The van der Waals surface area contributed by atoms with Crippen LogP contribution in [0.25, 0.3) is 0 Å². The Bertz CT molecular complexity index is 1070. The maximum Gasteiger partial charge on any atom is 0.337 e. The number of aromatic carboxylic acids is 1. The number of carboxylic acids is 1. The summed E-state index contributed by atoms with van der Waals surface area (Å²) >= 11 is 6.16. The summed E-state index contributed by atoms with van der Waals surface area (Å²) in [5.74, 6) is -0.688. The zero-order chi connectivity index (χ0) is 20.1. The molecule has 2 aromatic carbocycles. The first-order valence-electron chi connectivity index (χ1n) is 8.23. The SMILES string of the molecule is O=C(O)c1cc(S(=O)(=O)NCc2ccccc2)c(Cl)cc1NCc1ccco1. The quantitative estimate of drug-likeness (QED) is 0.512. The Kier molecular flexibility index (Phi) is 6.03. The van der Waals surface area contributed by atoms with Gasteiger partial charge in [0.2, 0.25) is 10.0 Å². The molecule has 1 heterocycles. The summed E-state index contributed by atoms with van der Waals surface area (Å²) in [6, 6.07) is 14.7. The number of carboxylic acid groups (broad SMARTS) is 1. The maximum absolute atomic E-state index is 12.6. The molecule has 0 aliphatic rings. The second-order valence-corrected chi connectivity index (χ2v) is 8.02. The first-order chi connectivity index (χ1) is 13.4. The molecule has 0 radical (unpaired) electrons. The molecule has 3 aromatic rings. The summed E-state index contributed by atoms with van der Waals surface area (Å²) in [5.41, 5.74) is 0.740. The molecule has 0 unspecified atom stereocenters. The minimum atomic E-state index is -4.01. The standard InChI is InChI=1S/C19H17ClN2O5S/c20-16-10-17(21-12-14-7-4-8-27-14)15(19(23)24)9-18(16)28(25,26)22-11-13-5-2-1-3-6-13/h1-10,21-22H,11-12H2,(H,23,24). The monoisotopic (exact) mass is 420 g/mol. The second kappa shape index (κ2) is 8.47. The minimum Gasteiger partial charge on any atom is -0.478 e. The highest BCUT2D eigenvalue weighted by Gasteiger charge is 2.23. The number of anilines is 1. The normalized spacial score (nSPS) is 11.3. The van der Waals surface area contributed by atoms with Gasteiger partial charge in [-0.05, 0) is 29.8 Å². The average molecular weight is 421 g/mol. The molecular weight excluding hydrogens is 404 g/mol. The van der Waals surface area contributed by atoms with Crippen molar-refractivity contribution in [2.45, 2.75) is 18.0 Å². The minimum absolute atomic E-state index is 0.0560. The van der Waals surface area contributed by atoms with Crippen molar-refractivity contribution in [1.82, 2.24) is 4.72 Å². The van der Waals surface area contributed by atoms with Gasteiger partial charge in [0.25, 0.3) is 0 Å². The van der Waals surface area contributed by atoms with Crippen LogP contribution in [0.4, 0.5) is 5.69 Å². The van der Waals surface area contributed by atoms with Crippen molar-refractivity contribution in [3.05, 3.63) is 82.8 Å². The summed E-state index contributed by atoms with van der Waals surface area (Å²) in [7, 11) is -4.01. The predicted octanol–water partition coefficient (Wildman–Crippen LogP) is 3.72. The first-order valence-corrected chi connectivity index (χ1v) is 10.1. The summed E-state index contributed by atoms with van der Waals surface area (Å²) in [4.78, 5) is 11.3. The average Bonchev–Trinajstić information content (AvgIpc) is 3.19. The van der Waals surface area contributed by atoms with Crippen LogP contribution >= 0.6 is 11.6 Å². The zero-order valence-electron chi connectivity index (χ0n) is 14.6. The molecule has 0 saturated carbocycles. The highest BCUT2D eigenvalue weighted by molar-refractivity contribution is 7.89. The van der Waals surface area contributed by atoms with Crippen LogP contribution in [0.5, 0.6) is 0 Å². The van der Waals surface area contributed by atoms with Crippen LogP contribution in [0.1, 0.15) is 21.7 Å². The Morgan fingerprint density at radius 1 is 1.07 bits per heavy atom. The van der Waals surface area contributed by atoms with Crippen LogP contribution in [0.2, 0.25) is 5.02 Å². The van der Waals surface area contributed by atoms with Crippen LogP contribution < -0.4 is 10.0 Å². The molecule has 9 heteroatoms. The van der Waals surface area contributed by atoms with E-state index in [1.165, 1.54) is 12.3 Å². The fraction of sp³-hybridized carbons (Fsp3) is 0.105. The van der Waals surface area contributed by atoms with Crippen molar-refractivity contribution in [1.29, 1.82) is 0 Å². The fourth-order valence-corrected chi connectivity index (χ4v) is 4.10. The first kappa shape index (κ1) is 19.9. The van der Waals surface area contributed by atoms with E-state index >= 15 is 0 Å². The lowest BCUT2D eigenvalue weighted by atomic mass is 10.1. The Hall–Kier alpha value is -2.81. The van der Waals surface area contributed by atoms with Crippen LogP contribution in [0, 0.1) is 0 Å². The summed E-state index contributed by atoms with van der Waals surface area (Å²) < 4.78 is 32.9. The van der Waals surface area contributed by atoms with Crippen molar-refractivity contribution in [3.63, 3.8) is 0 Å². The number of sulfonamides is 1. The van der Waals surface area contributed by atoms with Gasteiger partial charge in [-0.25, -0.2) is 17.9 Å². The molecule has 3 N–H and O–H groups in total. The molecule has 1 aromatic heterocycles. The molecule has 28 heavy (non-hydrogen) atoms. The van der Waals surface area contributed by atoms with Crippen molar-refractivity contribution < 1.29 is 22.7 Å². The van der Waals surface area contributed by atoms with Gasteiger partial charge in [-0.3, -0.25) is 0 Å². The van der Waals surface area contributed by atoms with E-state index < -0.39 is 16.0 Å². The lowest BCUT2D eigenvalue weighted by Gasteiger charge is -2.13. The van der Waals surface area contributed by atoms with Gasteiger partial charge >= 0.3 is 5.97 Å². The third kappa shape index (κ3) is 4.72. The van der Waals surface area contributed by atoms with Crippen molar-refractivity contribution in [2.75, 3.05) is 5.32 Å². The Morgan fingerprint density at radius 2 is 1.82 bits per heavy atom. The highest BCUT2D eigenvalue weighted by Crippen LogP contribution is 2.29. The topological polar surface area (TPSA) is 109 Å². The molecule has 0 fully saturated rings. The number of rotatable bonds is 8. The van der Waals surface area contributed by atoms with E-state index in [0.717, 1.165) is 11.6 Å². The lowest BCUT2D eigenvalue weighted by Crippen LogP contribution is -2.24. The largest absolute Gasteiger partial charge is 0.478 e. The van der Waals surface area contributed by atoms with Crippen LogP contribution in [-0.4, -0.2) is 19.5 Å². The molecule has 146 valence electrons. The van der Waals surface area contributed by atoms with Gasteiger partial charge in [-0.15, -0.1) is 0 Å². The lowest BCUT2D eigenvalue weighted by molar-refractivity contribution is 0.0697. The van der Waals surface area contributed by atoms with Gasteiger partial charge in [0, 0.05) is 6.54 Å². The summed E-state index contributed by atoms with van der Waals surface area (Å²) in [6.07, 6.45) is 1.50. The van der Waals surface area contributed by atoms with E-state index in [4.69, 9.17) is 16.0 Å². The maximum atomic E-state index is 12.6. The van der Waals surface area contributed by atoms with Crippen molar-refractivity contribution in [3.8, 4) is 0 Å². The molecular formula is C19H17ClN2O5S. The molecule has 0 aliphatic carbocycles. The molecule has 0 aliphatic heterocycles. The zero-order valence-corrected chi connectivity index (χ0v) is 16.1. The van der Waals surface area contributed by atoms with Crippen LogP contribution in [-0.2, 0) is 23.1 Å². The summed E-state index contributed by atoms with van der Waals surface area (Å²) in [5, 5.41) is 12.3. The number of halogens is 1. The molecule has 0 atom stereocenters. The molecule has 0 amide bonds. The molecule has 7 nitrogen and oxygen atoms in total. The van der Waals surface area contributed by atoms with E-state index in [1.54, 1.807) is 36.4 Å². The highest BCUT2D eigenvalue weighted by atomic mass is 35.5. The Morgan fingerprint density at radius 3 is 2.46 bits per heavy atom. The number of furan rings is 1. The van der Waals surface area contributed by atoms with E-state index in [9.17, 15) is 18.3 Å².